The number of benzene rings is 2. The zero-order chi connectivity index (χ0) is 12.7. The standard InChI is InChI=1S/C15H10O3/c16-14-12(15(17)18)6-5-11-7-9-3-1-2-4-10(9)8-13(11)14/h1-8,12H,(H,17,18). The molecule has 0 amide bonds. The summed E-state index contributed by atoms with van der Waals surface area (Å²) in [6.07, 6.45) is 3.16. The summed E-state index contributed by atoms with van der Waals surface area (Å²) < 4.78 is 0. The molecule has 0 fully saturated rings. The van der Waals surface area contributed by atoms with Gasteiger partial charge in [-0.15, -0.1) is 0 Å². The Morgan fingerprint density at radius 3 is 2.44 bits per heavy atom. The summed E-state index contributed by atoms with van der Waals surface area (Å²) in [6, 6.07) is 11.4. The lowest BCUT2D eigenvalue weighted by atomic mass is 9.87. The van der Waals surface area contributed by atoms with Crippen molar-refractivity contribution in [1.29, 1.82) is 0 Å². The highest BCUT2D eigenvalue weighted by Gasteiger charge is 2.29. The number of ketones is 1. The van der Waals surface area contributed by atoms with Gasteiger partial charge in [-0.1, -0.05) is 36.4 Å². The Bertz CT molecular complexity index is 698. The maximum atomic E-state index is 12.1. The van der Waals surface area contributed by atoms with E-state index in [1.54, 1.807) is 12.1 Å². The largest absolute Gasteiger partial charge is 0.480 e. The summed E-state index contributed by atoms with van der Waals surface area (Å²) in [5.41, 5.74) is 1.28. The molecule has 0 spiro atoms. The van der Waals surface area contributed by atoms with Gasteiger partial charge in [-0.2, -0.15) is 0 Å². The fourth-order valence-corrected chi connectivity index (χ4v) is 2.26. The van der Waals surface area contributed by atoms with Crippen molar-refractivity contribution in [2.24, 2.45) is 5.92 Å². The first-order valence-corrected chi connectivity index (χ1v) is 5.65. The van der Waals surface area contributed by atoms with Gasteiger partial charge < -0.3 is 5.11 Å². The third kappa shape index (κ3) is 1.52. The van der Waals surface area contributed by atoms with Crippen LogP contribution in [-0.2, 0) is 4.79 Å². The fraction of sp³-hybridized carbons (Fsp3) is 0.0667. The second-order valence-corrected chi connectivity index (χ2v) is 4.33. The molecule has 3 nitrogen and oxygen atoms in total. The van der Waals surface area contributed by atoms with E-state index in [1.807, 2.05) is 30.3 Å². The number of carboxylic acid groups (broad SMARTS) is 1. The van der Waals surface area contributed by atoms with Gasteiger partial charge in [0.2, 0.25) is 0 Å². The molecule has 0 aliphatic heterocycles. The molecule has 1 aliphatic rings. The number of aliphatic carboxylic acids is 1. The number of hydrogen-bond donors (Lipinski definition) is 1. The molecule has 1 unspecified atom stereocenters. The monoisotopic (exact) mass is 238 g/mol. The Kier molecular flexibility index (Phi) is 2.27. The van der Waals surface area contributed by atoms with Gasteiger partial charge in [-0.3, -0.25) is 9.59 Å². The van der Waals surface area contributed by atoms with Gasteiger partial charge in [0.25, 0.3) is 0 Å². The van der Waals surface area contributed by atoms with Gasteiger partial charge in [0.15, 0.2) is 5.78 Å². The summed E-state index contributed by atoms with van der Waals surface area (Å²) in [4.78, 5) is 23.0. The summed E-state index contributed by atoms with van der Waals surface area (Å²) in [5, 5.41) is 11.0. The third-order valence-electron chi connectivity index (χ3n) is 3.20. The average molecular weight is 238 g/mol. The second kappa shape index (κ2) is 3.81. The van der Waals surface area contributed by atoms with Crippen molar-refractivity contribution >= 4 is 28.6 Å². The van der Waals surface area contributed by atoms with Crippen LogP contribution in [0.15, 0.2) is 42.5 Å². The molecule has 1 N–H and O–H groups in total. The molecule has 18 heavy (non-hydrogen) atoms. The molecule has 0 saturated heterocycles. The van der Waals surface area contributed by atoms with Crippen molar-refractivity contribution in [2.75, 3.05) is 0 Å². The Morgan fingerprint density at radius 1 is 1.11 bits per heavy atom. The molecule has 88 valence electrons. The first-order valence-electron chi connectivity index (χ1n) is 5.65. The zero-order valence-electron chi connectivity index (χ0n) is 9.46. The van der Waals surface area contributed by atoms with Gasteiger partial charge in [-0.05, 0) is 28.5 Å². The third-order valence-corrected chi connectivity index (χ3v) is 3.20. The van der Waals surface area contributed by atoms with Crippen molar-refractivity contribution in [1.82, 2.24) is 0 Å². The number of carbonyl (C=O) groups is 2. The van der Waals surface area contributed by atoms with Crippen LogP contribution >= 0.6 is 0 Å². The Morgan fingerprint density at radius 2 is 1.78 bits per heavy atom. The van der Waals surface area contributed by atoms with Crippen LogP contribution in [0.5, 0.6) is 0 Å². The lowest BCUT2D eigenvalue weighted by Gasteiger charge is -2.15. The van der Waals surface area contributed by atoms with E-state index >= 15 is 0 Å². The van der Waals surface area contributed by atoms with E-state index < -0.39 is 11.9 Å². The molecule has 0 heterocycles. The molecule has 0 saturated carbocycles. The van der Waals surface area contributed by atoms with E-state index in [4.69, 9.17) is 5.11 Å². The van der Waals surface area contributed by atoms with E-state index in [0.717, 1.165) is 16.3 Å². The quantitative estimate of drug-likeness (QED) is 0.777. The van der Waals surface area contributed by atoms with Crippen molar-refractivity contribution in [2.45, 2.75) is 0 Å². The van der Waals surface area contributed by atoms with Crippen LogP contribution in [0.2, 0.25) is 0 Å². The molecule has 0 radical (unpaired) electrons. The Balaban J connectivity index is 2.23. The molecule has 0 bridgehead atoms. The van der Waals surface area contributed by atoms with Crippen molar-refractivity contribution in [3.05, 3.63) is 53.6 Å². The van der Waals surface area contributed by atoms with Crippen LogP contribution in [-0.4, -0.2) is 16.9 Å². The maximum Gasteiger partial charge on any atom is 0.318 e. The van der Waals surface area contributed by atoms with Gasteiger partial charge in [0, 0.05) is 5.56 Å². The highest BCUT2D eigenvalue weighted by atomic mass is 16.4. The van der Waals surface area contributed by atoms with Gasteiger partial charge in [0.1, 0.15) is 5.92 Å². The fourth-order valence-electron chi connectivity index (χ4n) is 2.26. The predicted molar refractivity (Wildman–Crippen MR) is 68.4 cm³/mol. The minimum atomic E-state index is -1.10. The van der Waals surface area contributed by atoms with Gasteiger partial charge in [-0.25, -0.2) is 0 Å². The highest BCUT2D eigenvalue weighted by Crippen LogP contribution is 2.27. The van der Waals surface area contributed by atoms with Crippen LogP contribution in [0.25, 0.3) is 16.8 Å². The molecule has 2 aromatic rings. The van der Waals surface area contributed by atoms with E-state index in [1.165, 1.54) is 6.08 Å². The Labute approximate surface area is 103 Å². The minimum Gasteiger partial charge on any atom is -0.480 e. The van der Waals surface area contributed by atoms with E-state index in [0.29, 0.717) is 5.56 Å². The number of rotatable bonds is 1. The average Bonchev–Trinajstić information content (AvgIpc) is 2.37. The predicted octanol–water partition coefficient (Wildman–Crippen LogP) is 2.75. The van der Waals surface area contributed by atoms with Crippen molar-refractivity contribution in [3.8, 4) is 0 Å². The van der Waals surface area contributed by atoms with Crippen LogP contribution in [0.4, 0.5) is 0 Å². The van der Waals surface area contributed by atoms with Crippen molar-refractivity contribution in [3.63, 3.8) is 0 Å². The highest BCUT2D eigenvalue weighted by molar-refractivity contribution is 6.15. The second-order valence-electron chi connectivity index (χ2n) is 4.33. The molecular weight excluding hydrogens is 228 g/mol. The van der Waals surface area contributed by atoms with Crippen molar-refractivity contribution < 1.29 is 14.7 Å². The summed E-state index contributed by atoms with van der Waals surface area (Å²) in [5.74, 6) is -2.50. The molecule has 3 rings (SSSR count). The van der Waals surface area contributed by atoms with Crippen LogP contribution in [0, 0.1) is 5.92 Å². The molecule has 2 aromatic carbocycles. The normalized spacial score (nSPS) is 17.8. The van der Waals surface area contributed by atoms with E-state index in [9.17, 15) is 9.59 Å². The Hall–Kier alpha value is -2.42. The lowest BCUT2D eigenvalue weighted by molar-refractivity contribution is -0.138. The SMILES string of the molecule is O=C(O)C1C=Cc2cc3ccccc3cc2C1=O. The number of hydrogen-bond acceptors (Lipinski definition) is 2. The van der Waals surface area contributed by atoms with E-state index in [2.05, 4.69) is 0 Å². The van der Waals surface area contributed by atoms with Crippen LogP contribution < -0.4 is 0 Å². The lowest BCUT2D eigenvalue weighted by Crippen LogP contribution is -2.24. The summed E-state index contributed by atoms with van der Waals surface area (Å²) in [7, 11) is 0. The van der Waals surface area contributed by atoms with Crippen LogP contribution in [0.3, 0.4) is 0 Å². The van der Waals surface area contributed by atoms with Crippen LogP contribution in [0.1, 0.15) is 15.9 Å². The minimum absolute atomic E-state index is 0.342. The number of Topliss-reactive ketones (excluding diaryl/α,β-unsaturated/α-hetero) is 1. The smallest absolute Gasteiger partial charge is 0.318 e. The molecular formula is C15H10O3. The van der Waals surface area contributed by atoms with Gasteiger partial charge >= 0.3 is 5.97 Å². The molecule has 1 atom stereocenters. The molecule has 3 heteroatoms. The summed E-state index contributed by atoms with van der Waals surface area (Å²) >= 11 is 0. The number of fused-ring (bicyclic) bond motifs is 2. The topological polar surface area (TPSA) is 54.4 Å². The molecule has 0 aromatic heterocycles. The summed E-state index contributed by atoms with van der Waals surface area (Å²) in [6.45, 7) is 0. The first-order chi connectivity index (χ1) is 8.66. The van der Waals surface area contributed by atoms with Gasteiger partial charge in [0.05, 0.1) is 0 Å². The van der Waals surface area contributed by atoms with E-state index in [-0.39, 0.29) is 5.78 Å². The first kappa shape index (κ1) is 10.7. The molecule has 1 aliphatic carbocycles. The maximum absolute atomic E-state index is 12.1. The number of carboxylic acids is 1. The zero-order valence-corrected chi connectivity index (χ0v) is 9.46. The number of carbonyl (C=O) groups excluding carboxylic acids is 1.